The van der Waals surface area contributed by atoms with Crippen LogP contribution in [0.25, 0.3) is 0 Å². The fraction of sp³-hybridized carbons (Fsp3) is 0.667. The first-order valence-electron chi connectivity index (χ1n) is 4.24. The molecular formula is C9H15NO2. The van der Waals surface area contributed by atoms with Crippen LogP contribution in [0.1, 0.15) is 25.7 Å². The zero-order chi connectivity index (χ0) is 8.86. The van der Waals surface area contributed by atoms with Gasteiger partial charge in [-0.25, -0.2) is 0 Å². The van der Waals surface area contributed by atoms with E-state index in [1.54, 1.807) is 0 Å². The summed E-state index contributed by atoms with van der Waals surface area (Å²) in [6.45, 7) is 4.09. The smallest absolute Gasteiger partial charge is 0.0859 e. The highest BCUT2D eigenvalue weighted by Crippen LogP contribution is 2.38. The minimum atomic E-state index is 0.00292. The third kappa shape index (κ3) is 2.08. The molecule has 1 aliphatic rings. The summed E-state index contributed by atoms with van der Waals surface area (Å²) >= 11 is 0. The van der Waals surface area contributed by atoms with E-state index in [9.17, 15) is 0 Å². The Morgan fingerprint density at radius 3 is 2.75 bits per heavy atom. The number of ether oxygens (including phenoxy) is 1. The first-order valence-corrected chi connectivity index (χ1v) is 4.24. The zero-order valence-corrected chi connectivity index (χ0v) is 7.20. The van der Waals surface area contributed by atoms with Crippen molar-refractivity contribution in [2.45, 2.75) is 31.3 Å². The molecule has 0 atom stereocenters. The summed E-state index contributed by atoms with van der Waals surface area (Å²) in [5, 5.41) is 11.0. The second kappa shape index (κ2) is 4.26. The lowest BCUT2D eigenvalue weighted by molar-refractivity contribution is -0.0805. The molecule has 3 heteroatoms. The predicted molar refractivity (Wildman–Crippen MR) is 47.6 cm³/mol. The minimum absolute atomic E-state index is 0.00292. The number of nitrogens with zero attached hydrogens (tertiary/aromatic N) is 1. The molecule has 0 heterocycles. The van der Waals surface area contributed by atoms with E-state index in [4.69, 9.17) is 9.94 Å². The second-order valence-electron chi connectivity index (χ2n) is 3.14. The van der Waals surface area contributed by atoms with Gasteiger partial charge in [0.1, 0.15) is 0 Å². The molecular weight excluding hydrogens is 154 g/mol. The van der Waals surface area contributed by atoms with Crippen LogP contribution in [0.15, 0.2) is 17.8 Å². The van der Waals surface area contributed by atoms with Gasteiger partial charge in [0.25, 0.3) is 0 Å². The quantitative estimate of drug-likeness (QED) is 0.296. The first-order chi connectivity index (χ1) is 5.83. The molecule has 0 amide bonds. The molecule has 0 spiro atoms. The van der Waals surface area contributed by atoms with Crippen LogP contribution in [-0.4, -0.2) is 23.6 Å². The summed E-state index contributed by atoms with van der Waals surface area (Å²) in [5.74, 6) is 0. The molecule has 0 bridgehead atoms. The molecule has 0 saturated heterocycles. The molecule has 1 aliphatic carbocycles. The van der Waals surface area contributed by atoms with Crippen molar-refractivity contribution in [1.29, 1.82) is 0 Å². The van der Waals surface area contributed by atoms with Gasteiger partial charge in [-0.05, 0) is 25.7 Å². The lowest BCUT2D eigenvalue weighted by Gasteiger charge is -2.40. The van der Waals surface area contributed by atoms with Crippen molar-refractivity contribution < 1.29 is 9.94 Å². The van der Waals surface area contributed by atoms with Gasteiger partial charge in [0.05, 0.1) is 18.4 Å². The minimum Gasteiger partial charge on any atom is -0.411 e. The fourth-order valence-corrected chi connectivity index (χ4v) is 1.49. The van der Waals surface area contributed by atoms with Gasteiger partial charge in [-0.2, -0.15) is 0 Å². The van der Waals surface area contributed by atoms with E-state index in [1.807, 2.05) is 6.08 Å². The van der Waals surface area contributed by atoms with E-state index in [0.717, 1.165) is 19.3 Å². The summed E-state index contributed by atoms with van der Waals surface area (Å²) in [7, 11) is 0. The Labute approximate surface area is 72.7 Å². The molecule has 1 saturated carbocycles. The third-order valence-electron chi connectivity index (χ3n) is 2.33. The molecule has 0 unspecified atom stereocenters. The summed E-state index contributed by atoms with van der Waals surface area (Å²) in [4.78, 5) is 0. The maximum Gasteiger partial charge on any atom is 0.0859 e. The molecule has 1 fully saturated rings. The van der Waals surface area contributed by atoms with Crippen molar-refractivity contribution in [3.8, 4) is 0 Å². The second-order valence-corrected chi connectivity index (χ2v) is 3.14. The maximum atomic E-state index is 8.15. The molecule has 12 heavy (non-hydrogen) atoms. The summed E-state index contributed by atoms with van der Waals surface area (Å²) < 4.78 is 5.57. The van der Waals surface area contributed by atoms with E-state index in [1.165, 1.54) is 12.6 Å². The van der Waals surface area contributed by atoms with Crippen molar-refractivity contribution >= 4 is 6.21 Å². The fourth-order valence-electron chi connectivity index (χ4n) is 1.49. The van der Waals surface area contributed by atoms with Crippen molar-refractivity contribution in [3.05, 3.63) is 12.7 Å². The van der Waals surface area contributed by atoms with Crippen LogP contribution in [0, 0.1) is 0 Å². The lowest BCUT2D eigenvalue weighted by Crippen LogP contribution is -2.40. The molecule has 68 valence electrons. The number of rotatable bonds is 5. The normalized spacial score (nSPS) is 20.7. The Morgan fingerprint density at radius 1 is 1.58 bits per heavy atom. The summed E-state index contributed by atoms with van der Waals surface area (Å²) in [6.07, 6.45) is 7.56. The van der Waals surface area contributed by atoms with E-state index < -0.39 is 0 Å². The molecule has 3 nitrogen and oxygen atoms in total. The van der Waals surface area contributed by atoms with Crippen molar-refractivity contribution in [1.82, 2.24) is 0 Å². The average molecular weight is 169 g/mol. The van der Waals surface area contributed by atoms with Crippen LogP contribution in [0.5, 0.6) is 0 Å². The standard InChI is InChI=1S/C9H15NO2/c1-2-4-9(5-3-6-9)12-8-7-10-11/h2,7,11H,1,3-6,8H2/b10-7+. The largest absolute Gasteiger partial charge is 0.411 e. The van der Waals surface area contributed by atoms with Crippen molar-refractivity contribution in [2.24, 2.45) is 5.16 Å². The monoisotopic (exact) mass is 169 g/mol. The van der Waals surface area contributed by atoms with Crippen molar-refractivity contribution in [3.63, 3.8) is 0 Å². The van der Waals surface area contributed by atoms with Crippen LogP contribution in [0.4, 0.5) is 0 Å². The Bertz CT molecular complexity index is 173. The highest BCUT2D eigenvalue weighted by Gasteiger charge is 2.36. The molecule has 1 rings (SSSR count). The van der Waals surface area contributed by atoms with Crippen LogP contribution >= 0.6 is 0 Å². The van der Waals surface area contributed by atoms with Gasteiger partial charge in [0, 0.05) is 0 Å². The maximum absolute atomic E-state index is 8.15. The van der Waals surface area contributed by atoms with Crippen molar-refractivity contribution in [2.75, 3.05) is 6.61 Å². The van der Waals surface area contributed by atoms with Crippen LogP contribution in [0.3, 0.4) is 0 Å². The number of oxime groups is 1. The van der Waals surface area contributed by atoms with E-state index in [2.05, 4.69) is 11.7 Å². The Hall–Kier alpha value is -0.830. The van der Waals surface area contributed by atoms with Crippen LogP contribution < -0.4 is 0 Å². The van der Waals surface area contributed by atoms with Gasteiger partial charge in [0.2, 0.25) is 0 Å². The topological polar surface area (TPSA) is 41.8 Å². The molecule has 0 aliphatic heterocycles. The van der Waals surface area contributed by atoms with Gasteiger partial charge in [0.15, 0.2) is 0 Å². The number of hydrogen-bond donors (Lipinski definition) is 1. The van der Waals surface area contributed by atoms with E-state index in [-0.39, 0.29) is 5.60 Å². The van der Waals surface area contributed by atoms with Gasteiger partial charge in [-0.15, -0.1) is 6.58 Å². The van der Waals surface area contributed by atoms with Gasteiger partial charge in [-0.1, -0.05) is 11.2 Å². The lowest BCUT2D eigenvalue weighted by atomic mass is 9.77. The van der Waals surface area contributed by atoms with E-state index >= 15 is 0 Å². The molecule has 0 radical (unpaired) electrons. The highest BCUT2D eigenvalue weighted by atomic mass is 16.5. The van der Waals surface area contributed by atoms with Gasteiger partial charge >= 0.3 is 0 Å². The Balaban J connectivity index is 2.29. The number of hydrogen-bond acceptors (Lipinski definition) is 3. The molecule has 0 aromatic heterocycles. The molecule has 0 aromatic rings. The SMILES string of the molecule is C=CCC1(OC/C=N/O)CCC1. The predicted octanol–water partition coefficient (Wildman–Crippen LogP) is 1.96. The highest BCUT2D eigenvalue weighted by molar-refractivity contribution is 5.57. The average Bonchev–Trinajstić information content (AvgIpc) is 2.00. The third-order valence-corrected chi connectivity index (χ3v) is 2.33. The molecule has 0 aromatic carbocycles. The molecule has 1 N–H and O–H groups in total. The Morgan fingerprint density at radius 2 is 2.33 bits per heavy atom. The summed E-state index contributed by atoms with van der Waals surface area (Å²) in [6, 6.07) is 0. The van der Waals surface area contributed by atoms with Gasteiger partial charge < -0.3 is 9.94 Å². The van der Waals surface area contributed by atoms with Crippen LogP contribution in [0.2, 0.25) is 0 Å². The van der Waals surface area contributed by atoms with Crippen LogP contribution in [-0.2, 0) is 4.74 Å². The zero-order valence-electron chi connectivity index (χ0n) is 7.20. The Kier molecular flexibility index (Phi) is 3.29. The summed E-state index contributed by atoms with van der Waals surface area (Å²) in [5.41, 5.74) is 0.00292. The van der Waals surface area contributed by atoms with E-state index in [0.29, 0.717) is 6.61 Å². The van der Waals surface area contributed by atoms with Gasteiger partial charge in [-0.3, -0.25) is 0 Å². The first kappa shape index (κ1) is 9.26.